The van der Waals surface area contributed by atoms with Crippen molar-refractivity contribution in [3.63, 3.8) is 0 Å². The highest BCUT2D eigenvalue weighted by atomic mass is 16.1. The van der Waals surface area contributed by atoms with Crippen molar-refractivity contribution in [3.05, 3.63) is 23.8 Å². The van der Waals surface area contributed by atoms with E-state index in [0.29, 0.717) is 16.9 Å². The highest BCUT2D eigenvalue weighted by molar-refractivity contribution is 5.99. The zero-order valence-electron chi connectivity index (χ0n) is 11.5. The van der Waals surface area contributed by atoms with Gasteiger partial charge in [-0.15, -0.1) is 0 Å². The Balaban J connectivity index is 1.94. The summed E-state index contributed by atoms with van der Waals surface area (Å²) in [7, 11) is 0. The molecular weight excluding hydrogens is 238 g/mol. The number of nitrogens with one attached hydrogen (secondary N) is 1. The van der Waals surface area contributed by atoms with Gasteiger partial charge in [0.1, 0.15) is 0 Å². The summed E-state index contributed by atoms with van der Waals surface area (Å²) < 4.78 is 0. The summed E-state index contributed by atoms with van der Waals surface area (Å²) in [6.07, 6.45) is 5.79. The van der Waals surface area contributed by atoms with Gasteiger partial charge >= 0.3 is 0 Å². The molecule has 104 valence electrons. The molecule has 0 radical (unpaired) electrons. The average Bonchev–Trinajstić information content (AvgIpc) is 2.39. The lowest BCUT2D eigenvalue weighted by Gasteiger charge is -2.28. The van der Waals surface area contributed by atoms with E-state index in [4.69, 9.17) is 11.5 Å². The molecule has 5 N–H and O–H groups in total. The Hall–Kier alpha value is -1.71. The molecule has 1 aliphatic carbocycles. The Morgan fingerprint density at radius 1 is 1.26 bits per heavy atom. The van der Waals surface area contributed by atoms with Crippen LogP contribution in [0.5, 0.6) is 0 Å². The maximum Gasteiger partial charge on any atom is 0.253 e. The number of nitrogens with two attached hydrogens (primary N) is 2. The van der Waals surface area contributed by atoms with Gasteiger partial charge in [-0.05, 0) is 49.8 Å². The topological polar surface area (TPSA) is 81.1 Å². The van der Waals surface area contributed by atoms with E-state index in [0.717, 1.165) is 18.8 Å². The number of carbonyl (C=O) groups is 1. The Morgan fingerprint density at radius 3 is 2.53 bits per heavy atom. The van der Waals surface area contributed by atoms with Crippen molar-refractivity contribution >= 4 is 17.3 Å². The van der Waals surface area contributed by atoms with Gasteiger partial charge in [0, 0.05) is 17.4 Å². The van der Waals surface area contributed by atoms with E-state index >= 15 is 0 Å². The quantitative estimate of drug-likeness (QED) is 0.731. The first-order valence-corrected chi connectivity index (χ1v) is 7.06. The van der Waals surface area contributed by atoms with Crippen molar-refractivity contribution in [2.24, 2.45) is 5.92 Å². The first-order chi connectivity index (χ1) is 9.10. The molecule has 0 aromatic heterocycles. The second kappa shape index (κ2) is 5.95. The molecule has 0 atom stereocenters. The molecule has 19 heavy (non-hydrogen) atoms. The van der Waals surface area contributed by atoms with Crippen LogP contribution in [-0.2, 0) is 0 Å². The molecule has 1 saturated carbocycles. The number of carbonyl (C=O) groups excluding carboxylic acids is 1. The van der Waals surface area contributed by atoms with E-state index in [1.165, 1.54) is 19.3 Å². The summed E-state index contributed by atoms with van der Waals surface area (Å²) in [6.45, 7) is 2.23. The molecule has 4 heteroatoms. The molecule has 1 aliphatic rings. The van der Waals surface area contributed by atoms with E-state index in [9.17, 15) is 4.79 Å². The second-order valence-electron chi connectivity index (χ2n) is 5.45. The number of hydrogen-bond donors (Lipinski definition) is 3. The van der Waals surface area contributed by atoms with E-state index in [2.05, 4.69) is 12.2 Å². The van der Waals surface area contributed by atoms with Gasteiger partial charge in [0.25, 0.3) is 5.91 Å². The molecule has 0 aliphatic heterocycles. The van der Waals surface area contributed by atoms with Crippen LogP contribution in [0.1, 0.15) is 49.4 Å². The van der Waals surface area contributed by atoms with Gasteiger partial charge in [-0.2, -0.15) is 0 Å². The van der Waals surface area contributed by atoms with Crippen LogP contribution >= 0.6 is 0 Å². The van der Waals surface area contributed by atoms with Gasteiger partial charge in [0.15, 0.2) is 0 Å². The first-order valence-electron chi connectivity index (χ1n) is 7.06. The van der Waals surface area contributed by atoms with Crippen LogP contribution in [-0.4, -0.2) is 11.9 Å². The highest BCUT2D eigenvalue weighted by Crippen LogP contribution is 2.27. The standard InChI is InChI=1S/C15H23N3O/c1-2-10-3-6-12(7-4-10)18-15(19)13-8-5-11(16)9-14(13)17/h5,8-10,12H,2-4,6-7,16-17H2,1H3,(H,18,19). The minimum absolute atomic E-state index is 0.0857. The third-order valence-electron chi connectivity index (χ3n) is 4.08. The monoisotopic (exact) mass is 261 g/mol. The van der Waals surface area contributed by atoms with Gasteiger partial charge in [0.05, 0.1) is 5.56 Å². The van der Waals surface area contributed by atoms with E-state index in [-0.39, 0.29) is 11.9 Å². The highest BCUT2D eigenvalue weighted by Gasteiger charge is 2.22. The van der Waals surface area contributed by atoms with Crippen molar-refractivity contribution in [2.75, 3.05) is 11.5 Å². The fraction of sp³-hybridized carbons (Fsp3) is 0.533. The van der Waals surface area contributed by atoms with Crippen molar-refractivity contribution < 1.29 is 4.79 Å². The van der Waals surface area contributed by atoms with E-state index in [1.54, 1.807) is 18.2 Å². The molecule has 2 rings (SSSR count). The van der Waals surface area contributed by atoms with Gasteiger partial charge in [-0.3, -0.25) is 4.79 Å². The van der Waals surface area contributed by atoms with Crippen molar-refractivity contribution in [2.45, 2.75) is 45.1 Å². The Labute approximate surface area is 114 Å². The predicted molar refractivity (Wildman–Crippen MR) is 78.8 cm³/mol. The molecule has 0 unspecified atom stereocenters. The van der Waals surface area contributed by atoms with Crippen molar-refractivity contribution in [1.82, 2.24) is 5.32 Å². The lowest BCUT2D eigenvalue weighted by Crippen LogP contribution is -2.37. The fourth-order valence-corrected chi connectivity index (χ4v) is 2.77. The summed E-state index contributed by atoms with van der Waals surface area (Å²) in [6, 6.07) is 5.31. The van der Waals surface area contributed by atoms with Gasteiger partial charge in [-0.1, -0.05) is 13.3 Å². The number of amides is 1. The van der Waals surface area contributed by atoms with Crippen LogP contribution < -0.4 is 16.8 Å². The largest absolute Gasteiger partial charge is 0.399 e. The summed E-state index contributed by atoms with van der Waals surface area (Å²) in [5.41, 5.74) is 13.0. The second-order valence-corrected chi connectivity index (χ2v) is 5.45. The molecule has 0 saturated heterocycles. The molecule has 0 heterocycles. The summed E-state index contributed by atoms with van der Waals surface area (Å²) in [5, 5.41) is 3.08. The average molecular weight is 261 g/mol. The number of anilines is 2. The van der Waals surface area contributed by atoms with Gasteiger partial charge < -0.3 is 16.8 Å². The van der Waals surface area contributed by atoms with E-state index in [1.807, 2.05) is 0 Å². The minimum atomic E-state index is -0.0857. The maximum absolute atomic E-state index is 12.2. The SMILES string of the molecule is CCC1CCC(NC(=O)c2ccc(N)cc2N)CC1. The molecule has 0 bridgehead atoms. The molecule has 1 aromatic rings. The fourth-order valence-electron chi connectivity index (χ4n) is 2.77. The summed E-state index contributed by atoms with van der Waals surface area (Å²) in [4.78, 5) is 12.2. The molecular formula is C15H23N3O. The first kappa shape index (κ1) is 13.7. The van der Waals surface area contributed by atoms with Crippen molar-refractivity contribution in [1.29, 1.82) is 0 Å². The molecule has 0 spiro atoms. The smallest absolute Gasteiger partial charge is 0.253 e. The molecule has 1 aromatic carbocycles. The van der Waals surface area contributed by atoms with Crippen LogP contribution in [0.25, 0.3) is 0 Å². The van der Waals surface area contributed by atoms with Crippen LogP contribution in [0.4, 0.5) is 11.4 Å². The zero-order valence-corrected chi connectivity index (χ0v) is 11.5. The number of nitrogen functional groups attached to an aromatic ring is 2. The normalized spacial score (nSPS) is 23.0. The lowest BCUT2D eigenvalue weighted by molar-refractivity contribution is 0.0922. The molecule has 1 fully saturated rings. The Bertz CT molecular complexity index is 451. The van der Waals surface area contributed by atoms with Crippen LogP contribution in [0.3, 0.4) is 0 Å². The molecule has 1 amide bonds. The summed E-state index contributed by atoms with van der Waals surface area (Å²) >= 11 is 0. The maximum atomic E-state index is 12.2. The van der Waals surface area contributed by atoms with Gasteiger partial charge in [-0.25, -0.2) is 0 Å². The minimum Gasteiger partial charge on any atom is -0.399 e. The van der Waals surface area contributed by atoms with Crippen LogP contribution in [0.2, 0.25) is 0 Å². The number of benzene rings is 1. The third kappa shape index (κ3) is 3.40. The summed E-state index contributed by atoms with van der Waals surface area (Å²) in [5.74, 6) is 0.743. The van der Waals surface area contributed by atoms with Gasteiger partial charge in [0.2, 0.25) is 0 Å². The number of rotatable bonds is 3. The Kier molecular flexibility index (Phi) is 4.30. The zero-order chi connectivity index (χ0) is 13.8. The van der Waals surface area contributed by atoms with E-state index < -0.39 is 0 Å². The third-order valence-corrected chi connectivity index (χ3v) is 4.08. The number of hydrogen-bond acceptors (Lipinski definition) is 3. The lowest BCUT2D eigenvalue weighted by atomic mass is 9.84. The predicted octanol–water partition coefficient (Wildman–Crippen LogP) is 2.55. The molecule has 4 nitrogen and oxygen atoms in total. The Morgan fingerprint density at radius 2 is 1.95 bits per heavy atom. The van der Waals surface area contributed by atoms with Crippen molar-refractivity contribution in [3.8, 4) is 0 Å². The van der Waals surface area contributed by atoms with Crippen LogP contribution in [0.15, 0.2) is 18.2 Å². The van der Waals surface area contributed by atoms with Crippen LogP contribution in [0, 0.1) is 5.92 Å².